The first-order chi connectivity index (χ1) is 20.9. The molecule has 0 aliphatic rings. The van der Waals surface area contributed by atoms with Gasteiger partial charge in [-0.25, -0.2) is 0 Å². The minimum absolute atomic E-state index is 0.0560. The van der Waals surface area contributed by atoms with Gasteiger partial charge in [0.1, 0.15) is 43.8 Å². The predicted molar refractivity (Wildman–Crippen MR) is 168 cm³/mol. The molecule has 4 aromatic rings. The van der Waals surface area contributed by atoms with Crippen molar-refractivity contribution in [2.24, 2.45) is 0 Å². The number of benzene rings is 2. The van der Waals surface area contributed by atoms with Gasteiger partial charge in [0.2, 0.25) is 11.0 Å². The lowest BCUT2D eigenvalue weighted by Crippen LogP contribution is -2.14. The fourth-order valence-electron chi connectivity index (χ4n) is 4.03. The van der Waals surface area contributed by atoms with E-state index in [-0.39, 0.29) is 31.0 Å². The number of aromatic nitrogens is 4. The summed E-state index contributed by atoms with van der Waals surface area (Å²) in [6.45, 7) is 0. The van der Waals surface area contributed by atoms with Crippen molar-refractivity contribution in [2.45, 2.75) is 32.1 Å². The summed E-state index contributed by atoms with van der Waals surface area (Å²) < 4.78 is 21.1. The Morgan fingerprint density at radius 1 is 0.651 bits per heavy atom. The molecule has 0 unspecified atom stereocenters. The summed E-state index contributed by atoms with van der Waals surface area (Å²) in [4.78, 5) is 25.1. The minimum Gasteiger partial charge on any atom is -0.497 e. The number of nitrogens with one attached hydrogen (secondary N) is 1. The minimum atomic E-state index is -0.189. The fourth-order valence-corrected chi connectivity index (χ4v) is 6.80. The van der Waals surface area contributed by atoms with Gasteiger partial charge < -0.3 is 24.3 Å². The van der Waals surface area contributed by atoms with E-state index in [0.29, 0.717) is 33.1 Å². The van der Waals surface area contributed by atoms with Gasteiger partial charge in [-0.05, 0) is 46.9 Å². The van der Waals surface area contributed by atoms with Crippen molar-refractivity contribution in [1.29, 1.82) is 0 Å². The zero-order chi connectivity index (χ0) is 30.6. The largest absolute Gasteiger partial charge is 0.497 e. The Kier molecular flexibility index (Phi) is 12.1. The van der Waals surface area contributed by atoms with Crippen LogP contribution < -0.4 is 24.3 Å². The maximum absolute atomic E-state index is 12.6. The SMILES string of the molecule is COc1cc(CC(=O)Cc2nnc(CCSCCc3nnc(NC(=O)Cc4cc(OC)cc(OC)c4)s3)s2)cc(OC)c1. The van der Waals surface area contributed by atoms with Crippen molar-refractivity contribution in [3.63, 3.8) is 0 Å². The number of ether oxygens (including phenoxy) is 4. The number of amides is 1. The van der Waals surface area contributed by atoms with Crippen LogP contribution in [0.2, 0.25) is 0 Å². The lowest BCUT2D eigenvalue weighted by atomic mass is 10.1. The molecule has 0 aliphatic carbocycles. The van der Waals surface area contributed by atoms with E-state index in [1.54, 1.807) is 64.5 Å². The lowest BCUT2D eigenvalue weighted by molar-refractivity contribution is -0.118. The summed E-state index contributed by atoms with van der Waals surface area (Å²) in [6.07, 6.45) is 2.20. The average molecular weight is 644 g/mol. The maximum atomic E-state index is 12.6. The van der Waals surface area contributed by atoms with Gasteiger partial charge in [0.05, 0.1) is 41.3 Å². The van der Waals surface area contributed by atoms with Crippen LogP contribution in [-0.4, -0.2) is 72.0 Å². The number of methoxy groups -OCH3 is 4. The quantitative estimate of drug-likeness (QED) is 0.163. The molecular formula is C29H33N5O6S3. The first-order valence-corrected chi connectivity index (χ1v) is 16.1. The third-order valence-electron chi connectivity index (χ3n) is 6.08. The van der Waals surface area contributed by atoms with Gasteiger partial charge in [-0.15, -0.1) is 31.7 Å². The number of rotatable bonds is 17. The fraction of sp³-hybridized carbons (Fsp3) is 0.379. The van der Waals surface area contributed by atoms with Crippen LogP contribution in [0.15, 0.2) is 36.4 Å². The summed E-state index contributed by atoms with van der Waals surface area (Å²) >= 11 is 4.63. The highest BCUT2D eigenvalue weighted by Crippen LogP contribution is 2.25. The number of hydrogen-bond acceptors (Lipinski definition) is 13. The number of hydrogen-bond donors (Lipinski definition) is 1. The van der Waals surface area contributed by atoms with E-state index in [0.717, 1.165) is 45.5 Å². The third kappa shape index (κ3) is 10.2. The summed E-state index contributed by atoms with van der Waals surface area (Å²) in [6, 6.07) is 10.8. The number of carbonyl (C=O) groups is 2. The van der Waals surface area contributed by atoms with Crippen molar-refractivity contribution < 1.29 is 28.5 Å². The highest BCUT2D eigenvalue weighted by molar-refractivity contribution is 7.99. The van der Waals surface area contributed by atoms with Crippen molar-refractivity contribution in [1.82, 2.24) is 20.4 Å². The summed E-state index contributed by atoms with van der Waals surface area (Å²) in [5.41, 5.74) is 1.61. The van der Waals surface area contributed by atoms with Crippen LogP contribution >= 0.6 is 34.4 Å². The lowest BCUT2D eigenvalue weighted by Gasteiger charge is -2.08. The van der Waals surface area contributed by atoms with Crippen LogP contribution in [0.25, 0.3) is 0 Å². The topological polar surface area (TPSA) is 135 Å². The Morgan fingerprint density at radius 3 is 1.70 bits per heavy atom. The second-order valence-electron chi connectivity index (χ2n) is 9.26. The number of thioether (sulfide) groups is 1. The number of anilines is 1. The predicted octanol–water partition coefficient (Wildman–Crippen LogP) is 4.48. The van der Waals surface area contributed by atoms with Crippen LogP contribution in [0.3, 0.4) is 0 Å². The molecule has 0 atom stereocenters. The molecule has 2 heterocycles. The van der Waals surface area contributed by atoms with E-state index in [2.05, 4.69) is 25.7 Å². The van der Waals surface area contributed by atoms with Gasteiger partial charge in [-0.2, -0.15) is 11.8 Å². The Balaban J connectivity index is 1.15. The Hall–Kier alpha value is -3.75. The number of Topliss-reactive ketones (excluding diaryl/α,β-unsaturated/α-hetero) is 1. The molecule has 0 spiro atoms. The van der Waals surface area contributed by atoms with Crippen molar-refractivity contribution in [2.75, 3.05) is 45.3 Å². The summed E-state index contributed by atoms with van der Waals surface area (Å²) in [5, 5.41) is 22.5. The molecule has 1 amide bonds. The van der Waals surface area contributed by atoms with E-state index < -0.39 is 0 Å². The van der Waals surface area contributed by atoms with E-state index in [1.807, 2.05) is 12.1 Å². The number of carbonyl (C=O) groups excluding carboxylic acids is 2. The standard InChI is InChI=1S/C29H33N5O6S3/c1-37-21-10-18(11-22(16-21)38-2)9-20(35)15-28-33-31-26(42-28)5-7-41-8-6-27-32-34-29(43-27)30-25(36)14-19-12-23(39-3)17-24(13-19)40-4/h10-13,16-17H,5-9,14-15H2,1-4H3,(H,30,34,36). The normalized spacial score (nSPS) is 10.8. The second-order valence-corrected chi connectivity index (χ2v) is 12.7. The molecule has 11 nitrogen and oxygen atoms in total. The van der Waals surface area contributed by atoms with Gasteiger partial charge in [-0.1, -0.05) is 11.3 Å². The van der Waals surface area contributed by atoms with Crippen LogP contribution in [0.1, 0.15) is 26.1 Å². The molecule has 0 bridgehead atoms. The maximum Gasteiger partial charge on any atom is 0.230 e. The van der Waals surface area contributed by atoms with Gasteiger partial charge in [0, 0.05) is 31.4 Å². The molecule has 4 rings (SSSR count). The van der Waals surface area contributed by atoms with Crippen molar-refractivity contribution in [3.8, 4) is 23.0 Å². The Bertz CT molecular complexity index is 1370. The first-order valence-electron chi connectivity index (χ1n) is 13.3. The number of ketones is 1. The second kappa shape index (κ2) is 16.2. The average Bonchev–Trinajstić information content (AvgIpc) is 3.65. The molecule has 0 fully saturated rings. The monoisotopic (exact) mass is 643 g/mol. The van der Waals surface area contributed by atoms with Crippen molar-refractivity contribution >= 4 is 51.3 Å². The molecule has 228 valence electrons. The van der Waals surface area contributed by atoms with Gasteiger partial charge >= 0.3 is 0 Å². The molecule has 0 saturated heterocycles. The molecule has 0 radical (unpaired) electrons. The molecule has 1 N–H and O–H groups in total. The highest BCUT2D eigenvalue weighted by atomic mass is 32.2. The zero-order valence-electron chi connectivity index (χ0n) is 24.4. The number of nitrogens with zero attached hydrogens (tertiary/aromatic N) is 4. The summed E-state index contributed by atoms with van der Waals surface area (Å²) in [5.74, 6) is 4.16. The first kappa shape index (κ1) is 32.2. The van der Waals surface area contributed by atoms with E-state index in [1.165, 1.54) is 22.7 Å². The van der Waals surface area contributed by atoms with Gasteiger partial charge in [-0.3, -0.25) is 9.59 Å². The zero-order valence-corrected chi connectivity index (χ0v) is 26.8. The Morgan fingerprint density at radius 2 is 1.14 bits per heavy atom. The summed E-state index contributed by atoms with van der Waals surface area (Å²) in [7, 11) is 6.31. The number of aryl methyl sites for hydroxylation is 2. The molecule has 14 heteroatoms. The highest BCUT2D eigenvalue weighted by Gasteiger charge is 2.13. The van der Waals surface area contributed by atoms with E-state index >= 15 is 0 Å². The van der Waals surface area contributed by atoms with Gasteiger partial charge in [0.25, 0.3) is 0 Å². The molecule has 0 aliphatic heterocycles. The molecule has 0 saturated carbocycles. The van der Waals surface area contributed by atoms with E-state index in [9.17, 15) is 9.59 Å². The van der Waals surface area contributed by atoms with Gasteiger partial charge in [0.15, 0.2) is 0 Å². The van der Waals surface area contributed by atoms with Crippen molar-refractivity contribution in [3.05, 3.63) is 62.5 Å². The molecule has 2 aromatic heterocycles. The Labute approximate surface area is 262 Å². The van der Waals surface area contributed by atoms with Crippen LogP contribution in [0.5, 0.6) is 23.0 Å². The molecular weight excluding hydrogens is 611 g/mol. The van der Waals surface area contributed by atoms with Crippen LogP contribution in [-0.2, 0) is 41.7 Å². The third-order valence-corrected chi connectivity index (χ3v) is 8.95. The molecule has 43 heavy (non-hydrogen) atoms. The van der Waals surface area contributed by atoms with E-state index in [4.69, 9.17) is 18.9 Å². The van der Waals surface area contributed by atoms with Crippen LogP contribution in [0, 0.1) is 0 Å². The van der Waals surface area contributed by atoms with Crippen LogP contribution in [0.4, 0.5) is 5.13 Å². The smallest absolute Gasteiger partial charge is 0.230 e. The molecule has 2 aromatic carbocycles.